The Bertz CT molecular complexity index is 627. The summed E-state index contributed by atoms with van der Waals surface area (Å²) in [5, 5.41) is 0. The molecule has 2 unspecified atom stereocenters. The summed E-state index contributed by atoms with van der Waals surface area (Å²) in [4.78, 5) is -0.673. The second-order valence-electron chi connectivity index (χ2n) is 5.69. The molecule has 0 spiro atoms. The van der Waals surface area contributed by atoms with Gasteiger partial charge in [-0.25, -0.2) is 21.9 Å². The summed E-state index contributed by atoms with van der Waals surface area (Å²) in [7, 11) is -4.16. The molecule has 0 aromatic heterocycles. The van der Waals surface area contributed by atoms with Crippen molar-refractivity contribution < 1.29 is 17.2 Å². The van der Waals surface area contributed by atoms with Gasteiger partial charge in [-0.2, -0.15) is 0 Å². The molecule has 8 heteroatoms. The highest BCUT2D eigenvalue weighted by molar-refractivity contribution is 7.89. The van der Waals surface area contributed by atoms with E-state index in [1.807, 2.05) is 6.92 Å². The van der Waals surface area contributed by atoms with Crippen molar-refractivity contribution in [3.63, 3.8) is 0 Å². The Labute approximate surface area is 135 Å². The number of benzene rings is 1. The fourth-order valence-corrected chi connectivity index (χ4v) is 4.54. The average molecular weight is 355 g/mol. The molecule has 2 atom stereocenters. The molecule has 0 saturated heterocycles. The van der Waals surface area contributed by atoms with E-state index in [2.05, 4.69) is 4.72 Å². The van der Waals surface area contributed by atoms with Crippen LogP contribution in [0.1, 0.15) is 32.6 Å². The Morgan fingerprint density at radius 2 is 2.05 bits per heavy atom. The van der Waals surface area contributed by atoms with E-state index >= 15 is 0 Å². The lowest BCUT2D eigenvalue weighted by Gasteiger charge is -2.42. The smallest absolute Gasteiger partial charge is 0.244 e. The molecule has 1 fully saturated rings. The molecule has 3 N–H and O–H groups in total. The van der Waals surface area contributed by atoms with Crippen molar-refractivity contribution in [2.24, 2.45) is 11.7 Å². The van der Waals surface area contributed by atoms with Crippen LogP contribution in [0.25, 0.3) is 0 Å². The zero-order valence-corrected chi connectivity index (χ0v) is 13.9. The molecule has 1 aliphatic carbocycles. The average Bonchev–Trinajstić information content (AvgIpc) is 2.44. The third kappa shape index (κ3) is 3.76. The number of nitrogens with one attached hydrogen (secondary N) is 1. The SMILES string of the molecule is CC1CCCCC1(CN)NS(=O)(=O)c1cc(F)ccc1F.Cl. The van der Waals surface area contributed by atoms with Gasteiger partial charge in [0, 0.05) is 12.1 Å². The molecular weight excluding hydrogens is 334 g/mol. The first-order valence-electron chi connectivity index (χ1n) is 7.00. The molecule has 0 radical (unpaired) electrons. The number of halogens is 3. The number of rotatable bonds is 4. The molecule has 1 aromatic carbocycles. The minimum Gasteiger partial charge on any atom is -0.329 e. The lowest BCUT2D eigenvalue weighted by atomic mass is 9.74. The second kappa shape index (κ2) is 7.21. The normalized spacial score (nSPS) is 25.5. The molecule has 1 aliphatic rings. The largest absolute Gasteiger partial charge is 0.329 e. The van der Waals surface area contributed by atoms with E-state index in [1.165, 1.54) is 0 Å². The van der Waals surface area contributed by atoms with Gasteiger partial charge in [0.05, 0.1) is 0 Å². The van der Waals surface area contributed by atoms with Gasteiger partial charge in [0.25, 0.3) is 0 Å². The summed E-state index contributed by atoms with van der Waals surface area (Å²) in [5.41, 5.74) is 4.99. The van der Waals surface area contributed by atoms with Crippen molar-refractivity contribution in [3.05, 3.63) is 29.8 Å². The van der Waals surface area contributed by atoms with Crippen LogP contribution in [0.5, 0.6) is 0 Å². The summed E-state index contributed by atoms with van der Waals surface area (Å²) in [6.07, 6.45) is 3.32. The molecule has 0 bridgehead atoms. The van der Waals surface area contributed by atoms with Crippen LogP contribution in [0.15, 0.2) is 23.1 Å². The first-order valence-corrected chi connectivity index (χ1v) is 8.48. The molecule has 4 nitrogen and oxygen atoms in total. The lowest BCUT2D eigenvalue weighted by Crippen LogP contribution is -2.59. The van der Waals surface area contributed by atoms with Crippen LogP contribution in [0, 0.1) is 17.6 Å². The van der Waals surface area contributed by atoms with E-state index < -0.39 is 32.1 Å². The molecule has 0 heterocycles. The van der Waals surface area contributed by atoms with Gasteiger partial charge in [-0.1, -0.05) is 19.8 Å². The Morgan fingerprint density at radius 3 is 2.64 bits per heavy atom. The summed E-state index contributed by atoms with van der Waals surface area (Å²) in [5.74, 6) is -1.72. The maximum absolute atomic E-state index is 13.7. The van der Waals surface area contributed by atoms with Gasteiger partial charge in [0.15, 0.2) is 0 Å². The van der Waals surface area contributed by atoms with Gasteiger partial charge < -0.3 is 5.73 Å². The third-order valence-corrected chi connectivity index (χ3v) is 5.91. The van der Waals surface area contributed by atoms with Crippen LogP contribution in [-0.4, -0.2) is 20.5 Å². The van der Waals surface area contributed by atoms with Crippen LogP contribution in [0.4, 0.5) is 8.78 Å². The summed E-state index contributed by atoms with van der Waals surface area (Å²) in [6.45, 7) is 2.06. The van der Waals surface area contributed by atoms with E-state index in [4.69, 9.17) is 5.73 Å². The summed E-state index contributed by atoms with van der Waals surface area (Å²) in [6, 6.07) is 2.38. The fourth-order valence-electron chi connectivity index (χ4n) is 2.92. The van der Waals surface area contributed by atoms with Crippen molar-refractivity contribution >= 4 is 22.4 Å². The fraction of sp³-hybridized carbons (Fsp3) is 0.571. The quantitative estimate of drug-likeness (QED) is 0.872. The molecule has 0 amide bonds. The number of hydrogen-bond donors (Lipinski definition) is 2. The van der Waals surface area contributed by atoms with E-state index in [-0.39, 0.29) is 24.9 Å². The minimum atomic E-state index is -4.16. The standard InChI is InChI=1S/C14H20F2N2O2S.ClH/c1-10-4-2-3-7-14(10,9-17)18-21(19,20)13-8-11(15)5-6-12(13)16;/h5-6,8,10,18H,2-4,7,9,17H2,1H3;1H. The first kappa shape index (κ1) is 19.3. The van der Waals surface area contributed by atoms with Gasteiger partial charge in [-0.3, -0.25) is 0 Å². The van der Waals surface area contributed by atoms with Crippen molar-refractivity contribution in [2.45, 2.75) is 43.0 Å². The molecule has 1 aromatic rings. The zero-order valence-electron chi connectivity index (χ0n) is 12.3. The first-order chi connectivity index (χ1) is 9.81. The Morgan fingerprint density at radius 1 is 1.36 bits per heavy atom. The number of hydrogen-bond acceptors (Lipinski definition) is 3. The monoisotopic (exact) mass is 354 g/mol. The highest BCUT2D eigenvalue weighted by Crippen LogP contribution is 2.34. The van der Waals surface area contributed by atoms with Gasteiger partial charge in [-0.15, -0.1) is 12.4 Å². The Balaban J connectivity index is 0.00000242. The van der Waals surface area contributed by atoms with Gasteiger partial charge in [0.1, 0.15) is 16.5 Å². The van der Waals surface area contributed by atoms with Gasteiger partial charge >= 0.3 is 0 Å². The molecule has 22 heavy (non-hydrogen) atoms. The molecule has 1 saturated carbocycles. The van der Waals surface area contributed by atoms with Crippen molar-refractivity contribution in [3.8, 4) is 0 Å². The van der Waals surface area contributed by atoms with Crippen LogP contribution >= 0.6 is 12.4 Å². The summed E-state index contributed by atoms with van der Waals surface area (Å²) >= 11 is 0. The van der Waals surface area contributed by atoms with Crippen LogP contribution in [0.3, 0.4) is 0 Å². The molecule has 2 rings (SSSR count). The molecule has 126 valence electrons. The van der Waals surface area contributed by atoms with Crippen molar-refractivity contribution in [1.29, 1.82) is 0 Å². The van der Waals surface area contributed by atoms with Gasteiger partial charge in [0.2, 0.25) is 10.0 Å². The van der Waals surface area contributed by atoms with Crippen LogP contribution < -0.4 is 10.5 Å². The van der Waals surface area contributed by atoms with Crippen LogP contribution in [-0.2, 0) is 10.0 Å². The zero-order chi connectivity index (χ0) is 15.7. The number of sulfonamides is 1. The van der Waals surface area contributed by atoms with Crippen molar-refractivity contribution in [2.75, 3.05) is 6.54 Å². The van der Waals surface area contributed by atoms with Crippen molar-refractivity contribution in [1.82, 2.24) is 4.72 Å². The predicted octanol–water partition coefficient (Wildman–Crippen LogP) is 2.57. The topological polar surface area (TPSA) is 72.2 Å². The van der Waals surface area contributed by atoms with Gasteiger partial charge in [-0.05, 0) is 37.0 Å². The minimum absolute atomic E-state index is 0. The van der Waals surface area contributed by atoms with E-state index in [9.17, 15) is 17.2 Å². The Kier molecular flexibility index (Phi) is 6.32. The number of nitrogens with two attached hydrogens (primary N) is 1. The van der Waals surface area contributed by atoms with E-state index in [1.54, 1.807) is 0 Å². The van der Waals surface area contributed by atoms with Crippen LogP contribution in [0.2, 0.25) is 0 Å². The third-order valence-electron chi connectivity index (χ3n) is 4.34. The summed E-state index contributed by atoms with van der Waals surface area (Å²) < 4.78 is 54.3. The molecule has 0 aliphatic heterocycles. The maximum atomic E-state index is 13.7. The van der Waals surface area contributed by atoms with E-state index in [0.717, 1.165) is 31.4 Å². The van der Waals surface area contributed by atoms with E-state index in [0.29, 0.717) is 12.5 Å². The second-order valence-corrected chi connectivity index (χ2v) is 7.34. The predicted molar refractivity (Wildman–Crippen MR) is 83.3 cm³/mol. The Hall–Kier alpha value is -0.760. The highest BCUT2D eigenvalue weighted by atomic mass is 35.5. The highest BCUT2D eigenvalue weighted by Gasteiger charge is 2.41. The molecular formula is C14H21ClF2N2O2S. The lowest BCUT2D eigenvalue weighted by molar-refractivity contribution is 0.191. The maximum Gasteiger partial charge on any atom is 0.244 e.